The van der Waals surface area contributed by atoms with Gasteiger partial charge < -0.3 is 15.1 Å². The molecule has 2 aliphatic rings. The van der Waals surface area contributed by atoms with E-state index in [9.17, 15) is 14.7 Å². The van der Waals surface area contributed by atoms with E-state index in [0.717, 1.165) is 12.8 Å². The number of aliphatic carboxylic acids is 1. The zero-order chi connectivity index (χ0) is 12.4. The Balaban J connectivity index is 1.82. The molecule has 1 fully saturated rings. The maximum atomic E-state index is 11.4. The second-order valence-electron chi connectivity index (χ2n) is 4.82. The fourth-order valence-electron chi connectivity index (χ4n) is 2.57. The number of nitrogens with zero attached hydrogens (tertiary/aromatic N) is 1. The van der Waals surface area contributed by atoms with Crippen LogP contribution in [0.1, 0.15) is 25.7 Å². The van der Waals surface area contributed by atoms with E-state index in [2.05, 4.69) is 0 Å². The van der Waals surface area contributed by atoms with Gasteiger partial charge in [-0.05, 0) is 37.7 Å². The van der Waals surface area contributed by atoms with Crippen LogP contribution in [0.25, 0.3) is 0 Å². The first-order valence-electron chi connectivity index (χ1n) is 5.97. The average molecular weight is 239 g/mol. The maximum absolute atomic E-state index is 11.4. The Morgan fingerprint density at radius 1 is 1.35 bits per heavy atom. The van der Waals surface area contributed by atoms with Crippen molar-refractivity contribution in [2.24, 2.45) is 11.8 Å². The van der Waals surface area contributed by atoms with Crippen molar-refractivity contribution < 1.29 is 19.8 Å². The number of hydrogen-bond acceptors (Lipinski definition) is 3. The van der Waals surface area contributed by atoms with Crippen LogP contribution in [0.2, 0.25) is 0 Å². The molecule has 2 rings (SSSR count). The molecular formula is C12H17NO4. The van der Waals surface area contributed by atoms with Crippen molar-refractivity contribution in [3.8, 4) is 0 Å². The van der Waals surface area contributed by atoms with Crippen molar-refractivity contribution in [3.05, 3.63) is 12.2 Å². The van der Waals surface area contributed by atoms with Crippen molar-refractivity contribution in [2.45, 2.75) is 31.9 Å². The van der Waals surface area contributed by atoms with Gasteiger partial charge in [0.25, 0.3) is 0 Å². The van der Waals surface area contributed by atoms with E-state index in [1.807, 2.05) is 0 Å². The first-order chi connectivity index (χ1) is 8.08. The van der Waals surface area contributed by atoms with Gasteiger partial charge in [-0.1, -0.05) is 0 Å². The molecule has 2 N–H and O–H groups in total. The van der Waals surface area contributed by atoms with Gasteiger partial charge in [-0.3, -0.25) is 9.59 Å². The third-order valence-electron chi connectivity index (χ3n) is 3.66. The summed E-state index contributed by atoms with van der Waals surface area (Å²) >= 11 is 0. The number of carboxylic acids is 1. The lowest BCUT2D eigenvalue weighted by Gasteiger charge is -2.30. The molecular weight excluding hydrogens is 222 g/mol. The summed E-state index contributed by atoms with van der Waals surface area (Å²) in [4.78, 5) is 23.6. The zero-order valence-corrected chi connectivity index (χ0v) is 9.58. The van der Waals surface area contributed by atoms with Crippen LogP contribution >= 0.6 is 0 Å². The number of carbonyl (C=O) groups excluding carboxylic acids is 1. The van der Waals surface area contributed by atoms with Crippen molar-refractivity contribution >= 4 is 11.9 Å². The summed E-state index contributed by atoms with van der Waals surface area (Å²) in [5, 5.41) is 18.4. The number of aliphatic hydroxyl groups is 1. The molecule has 0 bridgehead atoms. The average Bonchev–Trinajstić information content (AvgIpc) is 2.61. The van der Waals surface area contributed by atoms with Crippen molar-refractivity contribution in [1.29, 1.82) is 0 Å². The summed E-state index contributed by atoms with van der Waals surface area (Å²) in [5.74, 6) is -0.798. The number of carboxylic acid groups (broad SMARTS) is 1. The van der Waals surface area contributed by atoms with E-state index in [1.54, 1.807) is 0 Å². The minimum atomic E-state index is -0.806. The molecule has 1 aliphatic carbocycles. The van der Waals surface area contributed by atoms with Crippen molar-refractivity contribution in [2.75, 3.05) is 6.54 Å². The van der Waals surface area contributed by atoms with Gasteiger partial charge in [0, 0.05) is 12.6 Å². The van der Waals surface area contributed by atoms with Gasteiger partial charge in [-0.15, -0.1) is 0 Å². The minimum Gasteiger partial charge on any atom is -0.481 e. The molecule has 94 valence electrons. The lowest BCUT2D eigenvalue weighted by Crippen LogP contribution is -2.39. The Morgan fingerprint density at radius 2 is 2.00 bits per heavy atom. The summed E-state index contributed by atoms with van der Waals surface area (Å²) < 4.78 is 0. The molecule has 0 spiro atoms. The molecule has 1 amide bonds. The Labute approximate surface area is 99.7 Å². The second-order valence-corrected chi connectivity index (χ2v) is 4.82. The van der Waals surface area contributed by atoms with Gasteiger partial charge in [0.05, 0.1) is 5.92 Å². The summed E-state index contributed by atoms with van der Waals surface area (Å²) in [6.45, 7) is 0.527. The van der Waals surface area contributed by atoms with E-state index >= 15 is 0 Å². The summed E-state index contributed by atoms with van der Waals surface area (Å²) in [5.41, 5.74) is 0. The molecule has 0 aromatic carbocycles. The third kappa shape index (κ3) is 2.66. The van der Waals surface area contributed by atoms with Crippen molar-refractivity contribution in [1.82, 2.24) is 4.90 Å². The first kappa shape index (κ1) is 12.1. The van der Waals surface area contributed by atoms with Gasteiger partial charge >= 0.3 is 5.97 Å². The molecule has 1 aliphatic heterocycles. The quantitative estimate of drug-likeness (QED) is 0.755. The topological polar surface area (TPSA) is 77.8 Å². The highest BCUT2D eigenvalue weighted by Crippen LogP contribution is 2.30. The summed E-state index contributed by atoms with van der Waals surface area (Å²) in [7, 11) is 0. The Bertz CT molecular complexity index is 344. The lowest BCUT2D eigenvalue weighted by atomic mass is 9.82. The maximum Gasteiger partial charge on any atom is 0.306 e. The van der Waals surface area contributed by atoms with Crippen LogP contribution in [0.15, 0.2) is 12.2 Å². The Hall–Kier alpha value is -1.36. The molecule has 0 saturated heterocycles. The normalized spacial score (nSPS) is 33.1. The number of aliphatic hydroxyl groups excluding tert-OH is 1. The van der Waals surface area contributed by atoms with E-state index < -0.39 is 12.2 Å². The smallest absolute Gasteiger partial charge is 0.306 e. The predicted octanol–water partition coefficient (Wildman–Crippen LogP) is 0.594. The molecule has 1 saturated carbocycles. The second kappa shape index (κ2) is 4.87. The molecule has 5 heteroatoms. The van der Waals surface area contributed by atoms with Gasteiger partial charge in [0.2, 0.25) is 5.91 Å². The number of carbonyl (C=O) groups is 2. The van der Waals surface area contributed by atoms with Gasteiger partial charge in [0.1, 0.15) is 6.23 Å². The monoisotopic (exact) mass is 239 g/mol. The Kier molecular flexibility index (Phi) is 3.47. The van der Waals surface area contributed by atoms with Crippen LogP contribution in [-0.2, 0) is 9.59 Å². The third-order valence-corrected chi connectivity index (χ3v) is 3.66. The van der Waals surface area contributed by atoms with Crippen LogP contribution in [0.5, 0.6) is 0 Å². The SMILES string of the molecule is O=C(O)C1CCC(CN2C(=O)C=CC2O)CC1. The molecule has 0 aromatic heterocycles. The van der Waals surface area contributed by atoms with E-state index in [-0.39, 0.29) is 11.8 Å². The zero-order valence-electron chi connectivity index (χ0n) is 9.58. The fraction of sp³-hybridized carbons (Fsp3) is 0.667. The molecule has 1 heterocycles. The van der Waals surface area contributed by atoms with E-state index in [0.29, 0.717) is 25.3 Å². The highest BCUT2D eigenvalue weighted by atomic mass is 16.4. The highest BCUT2D eigenvalue weighted by Gasteiger charge is 2.30. The van der Waals surface area contributed by atoms with Crippen LogP contribution in [-0.4, -0.2) is 39.8 Å². The predicted molar refractivity (Wildman–Crippen MR) is 59.9 cm³/mol. The van der Waals surface area contributed by atoms with Crippen LogP contribution in [0.4, 0.5) is 0 Å². The largest absolute Gasteiger partial charge is 0.481 e. The minimum absolute atomic E-state index is 0.155. The van der Waals surface area contributed by atoms with Crippen molar-refractivity contribution in [3.63, 3.8) is 0 Å². The molecule has 1 atom stereocenters. The lowest BCUT2D eigenvalue weighted by molar-refractivity contribution is -0.143. The first-order valence-corrected chi connectivity index (χ1v) is 5.97. The van der Waals surface area contributed by atoms with E-state index in [1.165, 1.54) is 17.1 Å². The molecule has 5 nitrogen and oxygen atoms in total. The number of hydrogen-bond donors (Lipinski definition) is 2. The van der Waals surface area contributed by atoms with E-state index in [4.69, 9.17) is 5.11 Å². The Morgan fingerprint density at radius 3 is 2.47 bits per heavy atom. The molecule has 0 radical (unpaired) electrons. The highest BCUT2D eigenvalue weighted by molar-refractivity contribution is 5.90. The van der Waals surface area contributed by atoms with Crippen LogP contribution in [0.3, 0.4) is 0 Å². The standard InChI is InChI=1S/C12H17NO4/c14-10-5-6-11(15)13(10)7-8-1-3-9(4-2-8)12(16)17/h5-6,8-10,14H,1-4,7H2,(H,16,17). The van der Waals surface area contributed by atoms with Crippen LogP contribution < -0.4 is 0 Å². The fourth-order valence-corrected chi connectivity index (χ4v) is 2.57. The number of amides is 1. The summed E-state index contributed by atoms with van der Waals surface area (Å²) in [6, 6.07) is 0. The van der Waals surface area contributed by atoms with Gasteiger partial charge in [0.15, 0.2) is 0 Å². The van der Waals surface area contributed by atoms with Gasteiger partial charge in [-0.2, -0.15) is 0 Å². The van der Waals surface area contributed by atoms with Gasteiger partial charge in [-0.25, -0.2) is 0 Å². The number of rotatable bonds is 3. The molecule has 17 heavy (non-hydrogen) atoms. The van der Waals surface area contributed by atoms with Crippen LogP contribution in [0, 0.1) is 11.8 Å². The summed E-state index contributed by atoms with van der Waals surface area (Å²) in [6.07, 6.45) is 5.02. The molecule has 1 unspecified atom stereocenters. The molecule has 0 aromatic rings.